The summed E-state index contributed by atoms with van der Waals surface area (Å²) in [6.07, 6.45) is 3.41. The van der Waals surface area contributed by atoms with Crippen LogP contribution in [0.1, 0.15) is 47.6 Å². The van der Waals surface area contributed by atoms with Crippen molar-refractivity contribution in [2.75, 3.05) is 32.7 Å². The van der Waals surface area contributed by atoms with Crippen LogP contribution in [0.15, 0.2) is 48.5 Å². The number of carbonyl (C=O) groups is 2. The Balaban J connectivity index is 1.31. The highest BCUT2D eigenvalue weighted by Gasteiger charge is 2.30. The summed E-state index contributed by atoms with van der Waals surface area (Å²) in [4.78, 5) is 29.4. The minimum atomic E-state index is -0.858. The van der Waals surface area contributed by atoms with E-state index in [0.717, 1.165) is 25.2 Å². The van der Waals surface area contributed by atoms with Gasteiger partial charge in [-0.05, 0) is 56.5 Å². The van der Waals surface area contributed by atoms with Gasteiger partial charge < -0.3 is 10.2 Å². The number of rotatable bonds is 6. The Morgan fingerprint density at radius 3 is 2.31 bits per heavy atom. The summed E-state index contributed by atoms with van der Waals surface area (Å²) in [5.74, 6) is -2.20. The lowest BCUT2D eigenvalue weighted by Crippen LogP contribution is -2.45. The molecule has 2 fully saturated rings. The zero-order valence-electron chi connectivity index (χ0n) is 18.1. The Labute approximate surface area is 187 Å². The first-order valence-electron chi connectivity index (χ1n) is 11.3. The Morgan fingerprint density at radius 1 is 0.969 bits per heavy atom. The number of hydrogen-bond acceptors (Lipinski definition) is 3. The zero-order valence-corrected chi connectivity index (χ0v) is 18.1. The Kier molecular flexibility index (Phi) is 7.15. The van der Waals surface area contributed by atoms with Crippen molar-refractivity contribution in [2.24, 2.45) is 5.92 Å². The Morgan fingerprint density at radius 2 is 1.66 bits per heavy atom. The quantitative estimate of drug-likeness (QED) is 0.743. The van der Waals surface area contributed by atoms with E-state index in [1.165, 1.54) is 29.4 Å². The second-order valence-corrected chi connectivity index (χ2v) is 8.61. The molecule has 2 saturated heterocycles. The van der Waals surface area contributed by atoms with Crippen molar-refractivity contribution in [1.82, 2.24) is 15.1 Å². The monoisotopic (exact) mass is 441 g/mol. The number of benzene rings is 2. The van der Waals surface area contributed by atoms with Crippen LogP contribution in [0.2, 0.25) is 0 Å². The molecule has 0 spiro atoms. The maximum absolute atomic E-state index is 13.9. The standard InChI is InChI=1S/C25H29F2N3O2/c26-20-8-9-21(22(27)16-20)25(32)30-14-10-19(11-15-30)24(31)28-17-23(29-12-4-5-13-29)18-6-2-1-3-7-18/h1-3,6-9,16,19,23H,4-5,10-15,17H2,(H,28,31)/t23-/m0/s1. The molecular formula is C25H29F2N3O2. The average Bonchev–Trinajstić information content (AvgIpc) is 3.34. The predicted octanol–water partition coefficient (Wildman–Crippen LogP) is 3.77. The van der Waals surface area contributed by atoms with Gasteiger partial charge >= 0.3 is 0 Å². The van der Waals surface area contributed by atoms with Crippen LogP contribution in [0.5, 0.6) is 0 Å². The molecule has 0 aliphatic carbocycles. The highest BCUT2D eigenvalue weighted by molar-refractivity contribution is 5.94. The van der Waals surface area contributed by atoms with E-state index < -0.39 is 17.5 Å². The molecule has 32 heavy (non-hydrogen) atoms. The fourth-order valence-electron chi connectivity index (χ4n) is 4.71. The molecule has 4 rings (SSSR count). The van der Waals surface area contributed by atoms with Crippen molar-refractivity contribution in [3.05, 3.63) is 71.3 Å². The van der Waals surface area contributed by atoms with Crippen LogP contribution in [0.3, 0.4) is 0 Å². The Bertz CT molecular complexity index is 939. The lowest BCUT2D eigenvalue weighted by atomic mass is 9.95. The number of halogens is 2. The van der Waals surface area contributed by atoms with Gasteiger partial charge in [-0.1, -0.05) is 30.3 Å². The molecule has 2 aliphatic rings. The maximum atomic E-state index is 13.9. The van der Waals surface area contributed by atoms with Gasteiger partial charge in [-0.2, -0.15) is 0 Å². The normalized spacial score (nSPS) is 18.5. The lowest BCUT2D eigenvalue weighted by Gasteiger charge is -2.33. The number of piperidine rings is 1. The van der Waals surface area contributed by atoms with E-state index in [9.17, 15) is 18.4 Å². The van der Waals surface area contributed by atoms with Gasteiger partial charge in [0.2, 0.25) is 5.91 Å². The molecule has 7 heteroatoms. The third-order valence-corrected chi connectivity index (χ3v) is 6.55. The highest BCUT2D eigenvalue weighted by atomic mass is 19.1. The van der Waals surface area contributed by atoms with Crippen molar-refractivity contribution in [3.63, 3.8) is 0 Å². The molecule has 0 radical (unpaired) electrons. The number of likely N-dealkylation sites (tertiary alicyclic amines) is 2. The van der Waals surface area contributed by atoms with E-state index in [2.05, 4.69) is 22.3 Å². The van der Waals surface area contributed by atoms with Crippen LogP contribution >= 0.6 is 0 Å². The van der Waals surface area contributed by atoms with Gasteiger partial charge in [0.15, 0.2) is 0 Å². The van der Waals surface area contributed by atoms with E-state index >= 15 is 0 Å². The number of hydrogen-bond donors (Lipinski definition) is 1. The first-order chi connectivity index (χ1) is 15.5. The summed E-state index contributed by atoms with van der Waals surface area (Å²) in [6, 6.07) is 13.4. The van der Waals surface area contributed by atoms with Crippen LogP contribution in [0, 0.1) is 17.6 Å². The average molecular weight is 442 g/mol. The van der Waals surface area contributed by atoms with Crippen molar-refractivity contribution in [2.45, 2.75) is 31.7 Å². The van der Waals surface area contributed by atoms with E-state index in [0.29, 0.717) is 32.5 Å². The Hall–Kier alpha value is -2.80. The molecule has 2 aromatic rings. The summed E-state index contributed by atoms with van der Waals surface area (Å²) in [7, 11) is 0. The van der Waals surface area contributed by atoms with Crippen molar-refractivity contribution in [3.8, 4) is 0 Å². The summed E-state index contributed by atoms with van der Waals surface area (Å²) in [5.41, 5.74) is 1.07. The number of nitrogens with one attached hydrogen (secondary N) is 1. The van der Waals surface area contributed by atoms with E-state index in [1.807, 2.05) is 18.2 Å². The van der Waals surface area contributed by atoms with Gasteiger partial charge in [-0.15, -0.1) is 0 Å². The number of amides is 2. The fourth-order valence-corrected chi connectivity index (χ4v) is 4.71. The molecule has 5 nitrogen and oxygen atoms in total. The minimum absolute atomic E-state index is 0.00481. The summed E-state index contributed by atoms with van der Waals surface area (Å²) >= 11 is 0. The second kappa shape index (κ2) is 10.2. The third-order valence-electron chi connectivity index (χ3n) is 6.55. The van der Waals surface area contributed by atoms with Crippen molar-refractivity contribution < 1.29 is 18.4 Å². The lowest BCUT2D eigenvalue weighted by molar-refractivity contribution is -0.126. The molecule has 1 N–H and O–H groups in total. The van der Waals surface area contributed by atoms with Crippen molar-refractivity contribution in [1.29, 1.82) is 0 Å². The largest absolute Gasteiger partial charge is 0.354 e. The predicted molar refractivity (Wildman–Crippen MR) is 118 cm³/mol. The van der Waals surface area contributed by atoms with Gasteiger partial charge in [0.1, 0.15) is 11.6 Å². The van der Waals surface area contributed by atoms with E-state index in [-0.39, 0.29) is 23.4 Å². The number of carbonyl (C=O) groups excluding carboxylic acids is 2. The fraction of sp³-hybridized carbons (Fsp3) is 0.440. The molecule has 2 amide bonds. The molecule has 0 aromatic heterocycles. The van der Waals surface area contributed by atoms with Gasteiger partial charge in [0.05, 0.1) is 11.6 Å². The first-order valence-corrected chi connectivity index (χ1v) is 11.3. The topological polar surface area (TPSA) is 52.7 Å². The SMILES string of the molecule is O=C(NC[C@@H](c1ccccc1)N1CCCC1)C1CCN(C(=O)c2ccc(F)cc2F)CC1. The summed E-state index contributed by atoms with van der Waals surface area (Å²) in [5, 5.41) is 3.13. The van der Waals surface area contributed by atoms with Crippen molar-refractivity contribution >= 4 is 11.8 Å². The van der Waals surface area contributed by atoms with Gasteiger partial charge in [-0.25, -0.2) is 8.78 Å². The molecule has 0 saturated carbocycles. The summed E-state index contributed by atoms with van der Waals surface area (Å²) in [6.45, 7) is 3.39. The van der Waals surface area contributed by atoms with Gasteiger partial charge in [0.25, 0.3) is 5.91 Å². The van der Waals surface area contributed by atoms with E-state index in [4.69, 9.17) is 0 Å². The smallest absolute Gasteiger partial charge is 0.256 e. The van der Waals surface area contributed by atoms with Gasteiger partial charge in [-0.3, -0.25) is 14.5 Å². The first kappa shape index (κ1) is 22.4. The number of nitrogens with zero attached hydrogens (tertiary/aromatic N) is 2. The summed E-state index contributed by atoms with van der Waals surface area (Å²) < 4.78 is 27.1. The molecule has 1 atom stereocenters. The van der Waals surface area contributed by atoms with Crippen LogP contribution in [-0.4, -0.2) is 54.3 Å². The van der Waals surface area contributed by atoms with Crippen LogP contribution < -0.4 is 5.32 Å². The van der Waals surface area contributed by atoms with Crippen LogP contribution in [0.4, 0.5) is 8.78 Å². The second-order valence-electron chi connectivity index (χ2n) is 8.61. The van der Waals surface area contributed by atoms with Crippen LogP contribution in [-0.2, 0) is 4.79 Å². The third kappa shape index (κ3) is 5.15. The van der Waals surface area contributed by atoms with E-state index in [1.54, 1.807) is 0 Å². The highest BCUT2D eigenvalue weighted by Crippen LogP contribution is 2.25. The van der Waals surface area contributed by atoms with Crippen LogP contribution in [0.25, 0.3) is 0 Å². The molecule has 2 aromatic carbocycles. The maximum Gasteiger partial charge on any atom is 0.256 e. The molecule has 0 bridgehead atoms. The van der Waals surface area contributed by atoms with Gasteiger partial charge in [0, 0.05) is 31.6 Å². The molecule has 0 unspecified atom stereocenters. The molecule has 2 heterocycles. The molecular weight excluding hydrogens is 412 g/mol. The zero-order chi connectivity index (χ0) is 22.5. The minimum Gasteiger partial charge on any atom is -0.354 e. The molecule has 170 valence electrons. The molecule has 2 aliphatic heterocycles.